The van der Waals surface area contributed by atoms with Crippen molar-refractivity contribution in [2.75, 3.05) is 39.6 Å². The predicted octanol–water partition coefficient (Wildman–Crippen LogP) is 23.3. The van der Waals surface area contributed by atoms with Gasteiger partial charge in [0.2, 0.25) is 0 Å². The molecule has 2 unspecified atom stereocenters. The van der Waals surface area contributed by atoms with Gasteiger partial charge < -0.3 is 33.8 Å². The lowest BCUT2D eigenvalue weighted by atomic mass is 10.0. The van der Waals surface area contributed by atoms with Gasteiger partial charge in [0.05, 0.1) is 26.4 Å². The second-order valence-electron chi connectivity index (χ2n) is 28.6. The molecule has 17 nitrogen and oxygen atoms in total. The highest BCUT2D eigenvalue weighted by Gasteiger charge is 2.30. The zero-order valence-electron chi connectivity index (χ0n) is 63.2. The van der Waals surface area contributed by atoms with E-state index in [0.29, 0.717) is 25.7 Å². The van der Waals surface area contributed by atoms with Crippen LogP contribution in [0.25, 0.3) is 0 Å². The summed E-state index contributed by atoms with van der Waals surface area (Å²) in [6, 6.07) is 0. The number of carbonyl (C=O) groups excluding carboxylic acids is 4. The van der Waals surface area contributed by atoms with E-state index < -0.39 is 97.5 Å². The Balaban J connectivity index is 5.20. The van der Waals surface area contributed by atoms with Gasteiger partial charge in [0.15, 0.2) is 12.2 Å². The van der Waals surface area contributed by atoms with Crippen molar-refractivity contribution in [2.24, 2.45) is 5.92 Å². The average molecular weight is 1420 g/mol. The largest absolute Gasteiger partial charge is 0.472 e. The maximum atomic E-state index is 13.1. The minimum Gasteiger partial charge on any atom is -0.462 e. The highest BCUT2D eigenvalue weighted by atomic mass is 31.2. The van der Waals surface area contributed by atoms with Gasteiger partial charge in [-0.05, 0) is 31.6 Å². The first-order valence-corrected chi connectivity index (χ1v) is 43.6. The van der Waals surface area contributed by atoms with E-state index in [-0.39, 0.29) is 25.7 Å². The molecule has 5 atom stereocenters. The molecule has 0 aromatic heterocycles. The van der Waals surface area contributed by atoms with Crippen LogP contribution in [0.2, 0.25) is 0 Å². The van der Waals surface area contributed by atoms with Crippen LogP contribution in [-0.2, 0) is 65.4 Å². The van der Waals surface area contributed by atoms with Gasteiger partial charge in [-0.25, -0.2) is 9.13 Å². The van der Waals surface area contributed by atoms with Crippen molar-refractivity contribution in [1.29, 1.82) is 0 Å². The van der Waals surface area contributed by atoms with Gasteiger partial charge in [0, 0.05) is 25.7 Å². The molecule has 0 amide bonds. The standard InChI is InChI=1S/C78H152O17P2/c1-6-9-12-15-18-21-23-25-29-34-38-42-47-52-57-62-76(81)89-68-74(95-78(83)64-59-54-49-44-40-36-32-28-27-31-33-37-41-45-50-55-60-71(4)5)70-93-97(86,87)91-66-72(79)65-90-96(84,85)92-69-73(67-88-75(80)61-56-51-46-20-17-14-11-8-3)94-77(82)63-58-53-48-43-39-35-30-26-24-22-19-16-13-10-7-2/h71-74,79H,6-70H2,1-5H3,(H,84,85)(H,86,87)/t72-,73+,74+/m0/s1. The summed E-state index contributed by atoms with van der Waals surface area (Å²) in [6.07, 6.45) is 61.0. The summed E-state index contributed by atoms with van der Waals surface area (Å²) < 4.78 is 68.6. The molecule has 0 heterocycles. The summed E-state index contributed by atoms with van der Waals surface area (Å²) in [4.78, 5) is 72.8. The van der Waals surface area contributed by atoms with Crippen LogP contribution in [-0.4, -0.2) is 96.7 Å². The second-order valence-corrected chi connectivity index (χ2v) is 31.5. The van der Waals surface area contributed by atoms with Gasteiger partial charge in [-0.2, -0.15) is 0 Å². The Bertz CT molecular complexity index is 1860. The van der Waals surface area contributed by atoms with Crippen molar-refractivity contribution >= 4 is 39.5 Å². The van der Waals surface area contributed by atoms with Crippen LogP contribution in [0.4, 0.5) is 0 Å². The molecule has 0 aliphatic heterocycles. The van der Waals surface area contributed by atoms with Crippen molar-refractivity contribution < 1.29 is 80.2 Å². The van der Waals surface area contributed by atoms with Crippen LogP contribution in [0, 0.1) is 5.92 Å². The van der Waals surface area contributed by atoms with E-state index in [4.69, 9.17) is 37.0 Å². The summed E-state index contributed by atoms with van der Waals surface area (Å²) in [6.45, 7) is 7.32. The third-order valence-corrected chi connectivity index (χ3v) is 20.2. The van der Waals surface area contributed by atoms with E-state index in [1.54, 1.807) is 0 Å². The number of phosphoric ester groups is 2. The third-order valence-electron chi connectivity index (χ3n) is 18.3. The quantitative estimate of drug-likeness (QED) is 0.0222. The van der Waals surface area contributed by atoms with Gasteiger partial charge in [-0.15, -0.1) is 0 Å². The van der Waals surface area contributed by atoms with Crippen molar-refractivity contribution in [3.05, 3.63) is 0 Å². The molecule has 0 radical (unpaired) electrons. The van der Waals surface area contributed by atoms with Crippen molar-refractivity contribution in [3.63, 3.8) is 0 Å². The lowest BCUT2D eigenvalue weighted by molar-refractivity contribution is -0.161. The summed E-state index contributed by atoms with van der Waals surface area (Å²) in [7, 11) is -9.91. The third kappa shape index (κ3) is 72.2. The Kier molecular flexibility index (Phi) is 69.6. The molecule has 19 heteroatoms. The number of carbonyl (C=O) groups is 4. The number of aliphatic hydroxyl groups excluding tert-OH is 1. The highest BCUT2D eigenvalue weighted by Crippen LogP contribution is 2.45. The maximum absolute atomic E-state index is 13.1. The molecule has 0 aliphatic carbocycles. The zero-order chi connectivity index (χ0) is 71.2. The number of hydrogen-bond donors (Lipinski definition) is 3. The van der Waals surface area contributed by atoms with Crippen molar-refractivity contribution in [3.8, 4) is 0 Å². The fourth-order valence-corrected chi connectivity index (χ4v) is 13.6. The summed E-state index contributed by atoms with van der Waals surface area (Å²) in [5.74, 6) is -1.30. The predicted molar refractivity (Wildman–Crippen MR) is 395 cm³/mol. The summed E-state index contributed by atoms with van der Waals surface area (Å²) >= 11 is 0. The highest BCUT2D eigenvalue weighted by molar-refractivity contribution is 7.47. The van der Waals surface area contributed by atoms with E-state index in [2.05, 4.69) is 34.6 Å². The minimum atomic E-state index is -4.96. The topological polar surface area (TPSA) is 237 Å². The molecule has 3 N–H and O–H groups in total. The van der Waals surface area contributed by atoms with E-state index in [1.807, 2.05) is 0 Å². The van der Waals surface area contributed by atoms with E-state index in [9.17, 15) is 43.2 Å². The molecule has 97 heavy (non-hydrogen) atoms. The first-order valence-electron chi connectivity index (χ1n) is 40.6. The number of unbranched alkanes of at least 4 members (excludes halogenated alkanes) is 50. The molecule has 0 bridgehead atoms. The molecule has 0 rings (SSSR count). The van der Waals surface area contributed by atoms with Crippen LogP contribution in [0.5, 0.6) is 0 Å². The van der Waals surface area contributed by atoms with Crippen molar-refractivity contribution in [2.45, 2.75) is 432 Å². The monoisotopic (exact) mass is 1420 g/mol. The van der Waals surface area contributed by atoms with Crippen LogP contribution in [0.15, 0.2) is 0 Å². The van der Waals surface area contributed by atoms with Gasteiger partial charge in [-0.1, -0.05) is 362 Å². The SMILES string of the molecule is CCCCCCCCCCCCCCCCCC(=O)OC[C@H](COP(=O)(O)OC[C@@H](O)COP(=O)(O)OC[C@@H](COC(=O)CCCCCCCCCC)OC(=O)CCCCCCCCCCCCCCCCC)OC(=O)CCCCCCCCCCCCCCCCCCC(C)C. The Labute approximate surface area is 594 Å². The second kappa shape index (κ2) is 71.1. The summed E-state index contributed by atoms with van der Waals surface area (Å²) in [5.41, 5.74) is 0. The number of aliphatic hydroxyl groups is 1. The van der Waals surface area contributed by atoms with Gasteiger partial charge in [0.1, 0.15) is 19.3 Å². The van der Waals surface area contributed by atoms with Crippen LogP contribution >= 0.6 is 15.6 Å². The number of esters is 4. The van der Waals surface area contributed by atoms with Crippen LogP contribution in [0.3, 0.4) is 0 Å². The number of ether oxygens (including phenoxy) is 4. The normalized spacial score (nSPS) is 13.9. The van der Waals surface area contributed by atoms with Gasteiger partial charge >= 0.3 is 39.5 Å². The molecule has 0 fully saturated rings. The molecule has 0 saturated carbocycles. The lowest BCUT2D eigenvalue weighted by Crippen LogP contribution is -2.30. The smallest absolute Gasteiger partial charge is 0.462 e. The van der Waals surface area contributed by atoms with Crippen LogP contribution in [0.1, 0.15) is 413 Å². The average Bonchev–Trinajstić information content (AvgIpc) is 1.62. The van der Waals surface area contributed by atoms with Gasteiger partial charge in [0.25, 0.3) is 0 Å². The first kappa shape index (κ1) is 95.1. The molecule has 576 valence electrons. The Morgan fingerprint density at radius 2 is 0.474 bits per heavy atom. The number of rotatable bonds is 78. The van der Waals surface area contributed by atoms with E-state index in [0.717, 1.165) is 102 Å². The van der Waals surface area contributed by atoms with Gasteiger partial charge in [-0.3, -0.25) is 37.3 Å². The minimum absolute atomic E-state index is 0.108. The summed E-state index contributed by atoms with van der Waals surface area (Å²) in [5, 5.41) is 10.6. The fraction of sp³-hybridized carbons (Fsp3) is 0.949. The molecule has 0 aromatic rings. The van der Waals surface area contributed by atoms with Crippen LogP contribution < -0.4 is 0 Å². The van der Waals surface area contributed by atoms with Crippen molar-refractivity contribution in [1.82, 2.24) is 0 Å². The zero-order valence-corrected chi connectivity index (χ0v) is 65.0. The van der Waals surface area contributed by atoms with E-state index >= 15 is 0 Å². The fourth-order valence-electron chi connectivity index (χ4n) is 12.1. The molecular weight excluding hydrogens is 1270 g/mol. The molecular formula is C78H152O17P2. The Hall–Kier alpha value is -1.94. The number of phosphoric acid groups is 2. The maximum Gasteiger partial charge on any atom is 0.472 e. The first-order chi connectivity index (χ1) is 47.0. The lowest BCUT2D eigenvalue weighted by Gasteiger charge is -2.21. The molecule has 0 aromatic carbocycles. The van der Waals surface area contributed by atoms with E-state index in [1.165, 1.54) is 231 Å². The Morgan fingerprint density at radius 1 is 0.278 bits per heavy atom. The molecule has 0 aliphatic rings. The number of hydrogen-bond acceptors (Lipinski definition) is 15. The molecule has 0 saturated heterocycles. The Morgan fingerprint density at radius 3 is 0.701 bits per heavy atom. The molecule has 0 spiro atoms.